The second-order valence-corrected chi connectivity index (χ2v) is 7.54. The highest BCUT2D eigenvalue weighted by Crippen LogP contribution is 2.04. The van der Waals surface area contributed by atoms with Gasteiger partial charge in [-0.25, -0.2) is 0 Å². The van der Waals surface area contributed by atoms with Gasteiger partial charge in [-0.15, -0.1) is 0 Å². The lowest BCUT2D eigenvalue weighted by molar-refractivity contribution is -0.131. The first-order valence-electron chi connectivity index (χ1n) is 9.38. The summed E-state index contributed by atoms with van der Waals surface area (Å²) in [6.45, 7) is 12.7. The van der Waals surface area contributed by atoms with E-state index < -0.39 is 18.0 Å². The van der Waals surface area contributed by atoms with E-state index in [9.17, 15) is 19.2 Å². The van der Waals surface area contributed by atoms with Crippen LogP contribution in [0.3, 0.4) is 0 Å². The van der Waals surface area contributed by atoms with Gasteiger partial charge in [-0.2, -0.15) is 0 Å². The molecule has 0 bridgehead atoms. The molecule has 0 saturated heterocycles. The van der Waals surface area contributed by atoms with Crippen LogP contribution in [0.4, 0.5) is 0 Å². The molecule has 150 valence electrons. The molecular formula is C19H35N3O4. The Kier molecular flexibility index (Phi) is 10.8. The summed E-state index contributed by atoms with van der Waals surface area (Å²) in [5, 5.41) is 8.03. The summed E-state index contributed by atoms with van der Waals surface area (Å²) in [7, 11) is 0. The van der Waals surface area contributed by atoms with E-state index in [4.69, 9.17) is 0 Å². The molecular weight excluding hydrogens is 334 g/mol. The average molecular weight is 370 g/mol. The quantitative estimate of drug-likeness (QED) is 0.514. The van der Waals surface area contributed by atoms with Crippen molar-refractivity contribution in [1.82, 2.24) is 16.0 Å². The Morgan fingerprint density at radius 1 is 0.692 bits per heavy atom. The number of nitrogens with one attached hydrogen (secondary N) is 3. The summed E-state index contributed by atoms with van der Waals surface area (Å²) in [6, 6.07) is -1.43. The maximum atomic E-state index is 12.1. The molecule has 0 aromatic carbocycles. The van der Waals surface area contributed by atoms with Crippen molar-refractivity contribution in [2.24, 2.45) is 11.8 Å². The Balaban J connectivity index is 4.27. The summed E-state index contributed by atoms with van der Waals surface area (Å²) in [6.07, 6.45) is 1.01. The Morgan fingerprint density at radius 3 is 1.69 bits per heavy atom. The topological polar surface area (TPSA) is 104 Å². The summed E-state index contributed by atoms with van der Waals surface area (Å²) < 4.78 is 0. The van der Waals surface area contributed by atoms with E-state index >= 15 is 0 Å². The van der Waals surface area contributed by atoms with Crippen molar-refractivity contribution in [2.75, 3.05) is 0 Å². The second kappa shape index (κ2) is 11.6. The number of Topliss-reactive ketones (excluding diaryl/α,β-unsaturated/α-hetero) is 1. The fourth-order valence-electron chi connectivity index (χ4n) is 2.01. The second-order valence-electron chi connectivity index (χ2n) is 7.54. The van der Waals surface area contributed by atoms with E-state index in [-0.39, 0.29) is 36.0 Å². The maximum Gasteiger partial charge on any atom is 0.242 e. The van der Waals surface area contributed by atoms with E-state index in [0.29, 0.717) is 18.8 Å². The van der Waals surface area contributed by atoms with Gasteiger partial charge in [-0.3, -0.25) is 19.2 Å². The minimum absolute atomic E-state index is 0.00697. The Labute approximate surface area is 157 Å². The molecule has 7 heteroatoms. The molecule has 7 nitrogen and oxygen atoms in total. The molecule has 3 unspecified atom stereocenters. The van der Waals surface area contributed by atoms with Crippen LogP contribution in [0.2, 0.25) is 0 Å². The largest absolute Gasteiger partial charge is 0.352 e. The van der Waals surface area contributed by atoms with Crippen molar-refractivity contribution in [3.05, 3.63) is 0 Å². The monoisotopic (exact) mass is 369 g/mol. The van der Waals surface area contributed by atoms with Gasteiger partial charge in [0, 0.05) is 24.8 Å². The lowest BCUT2D eigenvalue weighted by Crippen LogP contribution is -2.53. The van der Waals surface area contributed by atoms with E-state index in [1.165, 1.54) is 0 Å². The highest BCUT2D eigenvalue weighted by atomic mass is 16.2. The lowest BCUT2D eigenvalue weighted by atomic mass is 10.0. The first kappa shape index (κ1) is 24.1. The predicted molar refractivity (Wildman–Crippen MR) is 101 cm³/mol. The molecule has 0 radical (unpaired) electrons. The van der Waals surface area contributed by atoms with Gasteiger partial charge in [0.15, 0.2) is 0 Å². The summed E-state index contributed by atoms with van der Waals surface area (Å²) in [5.74, 6) is -0.577. The van der Waals surface area contributed by atoms with Crippen molar-refractivity contribution < 1.29 is 19.2 Å². The predicted octanol–water partition coefficient (Wildman–Crippen LogP) is 1.55. The Morgan fingerprint density at radius 2 is 1.19 bits per heavy atom. The number of carbonyl (C=O) groups excluding carboxylic acids is 4. The fourth-order valence-corrected chi connectivity index (χ4v) is 2.01. The van der Waals surface area contributed by atoms with Gasteiger partial charge in [0.1, 0.15) is 17.9 Å². The number of carbonyl (C=O) groups is 4. The number of amides is 3. The minimum atomic E-state index is -0.749. The Hall–Kier alpha value is -1.92. The number of hydrogen-bond donors (Lipinski definition) is 3. The number of hydrogen-bond acceptors (Lipinski definition) is 4. The van der Waals surface area contributed by atoms with Crippen LogP contribution in [0.5, 0.6) is 0 Å². The standard InChI is InChI=1S/C19H35N3O4/c1-11(2)13(5)21-19(26)15(7)22-18(25)14(6)20-17(24)10-8-9-16(23)12(3)4/h11-15H,8-10H2,1-7H3,(H,20,24)(H,21,26)(H,22,25). The van der Waals surface area contributed by atoms with Gasteiger partial charge in [-0.1, -0.05) is 27.7 Å². The van der Waals surface area contributed by atoms with Crippen LogP contribution >= 0.6 is 0 Å². The van der Waals surface area contributed by atoms with Crippen LogP contribution in [-0.2, 0) is 19.2 Å². The molecule has 0 aliphatic carbocycles. The molecule has 0 saturated carbocycles. The van der Waals surface area contributed by atoms with Crippen molar-refractivity contribution >= 4 is 23.5 Å². The van der Waals surface area contributed by atoms with Gasteiger partial charge in [0.2, 0.25) is 17.7 Å². The van der Waals surface area contributed by atoms with Gasteiger partial charge >= 0.3 is 0 Å². The third-order valence-corrected chi connectivity index (χ3v) is 4.36. The molecule has 0 spiro atoms. The highest BCUT2D eigenvalue weighted by molar-refractivity contribution is 5.91. The molecule has 3 N–H and O–H groups in total. The van der Waals surface area contributed by atoms with Gasteiger partial charge in [0.25, 0.3) is 0 Å². The molecule has 26 heavy (non-hydrogen) atoms. The molecule has 0 heterocycles. The number of ketones is 1. The minimum Gasteiger partial charge on any atom is -0.352 e. The number of rotatable bonds is 11. The molecule has 0 aliphatic heterocycles. The maximum absolute atomic E-state index is 12.1. The lowest BCUT2D eigenvalue weighted by Gasteiger charge is -2.22. The van der Waals surface area contributed by atoms with Crippen LogP contribution in [0.25, 0.3) is 0 Å². The SMILES string of the molecule is CC(C)C(=O)CCCC(=O)NC(C)C(=O)NC(C)C(=O)NC(C)C(C)C. The third kappa shape index (κ3) is 9.53. The highest BCUT2D eigenvalue weighted by Gasteiger charge is 2.22. The van der Waals surface area contributed by atoms with Crippen LogP contribution in [-0.4, -0.2) is 41.6 Å². The van der Waals surface area contributed by atoms with E-state index in [1.54, 1.807) is 13.8 Å². The summed E-state index contributed by atoms with van der Waals surface area (Å²) >= 11 is 0. The Bertz CT molecular complexity index is 503. The van der Waals surface area contributed by atoms with Gasteiger partial charge in [0.05, 0.1) is 0 Å². The summed E-state index contributed by atoms with van der Waals surface area (Å²) in [5.41, 5.74) is 0. The van der Waals surface area contributed by atoms with Crippen molar-refractivity contribution in [1.29, 1.82) is 0 Å². The smallest absolute Gasteiger partial charge is 0.242 e. The molecule has 3 atom stereocenters. The van der Waals surface area contributed by atoms with E-state index in [2.05, 4.69) is 16.0 Å². The summed E-state index contributed by atoms with van der Waals surface area (Å²) in [4.78, 5) is 47.6. The van der Waals surface area contributed by atoms with Crippen molar-refractivity contribution in [2.45, 2.75) is 85.9 Å². The van der Waals surface area contributed by atoms with Crippen LogP contribution in [0, 0.1) is 11.8 Å². The molecule has 0 aromatic heterocycles. The zero-order chi connectivity index (χ0) is 20.4. The third-order valence-electron chi connectivity index (χ3n) is 4.36. The molecule has 0 rings (SSSR count). The average Bonchev–Trinajstić information content (AvgIpc) is 2.53. The van der Waals surface area contributed by atoms with Gasteiger partial charge < -0.3 is 16.0 Å². The van der Waals surface area contributed by atoms with Crippen LogP contribution in [0.15, 0.2) is 0 Å². The van der Waals surface area contributed by atoms with E-state index in [1.807, 2.05) is 34.6 Å². The molecule has 0 aliphatic rings. The first-order valence-corrected chi connectivity index (χ1v) is 9.38. The normalized spacial score (nSPS) is 14.5. The fraction of sp³-hybridized carbons (Fsp3) is 0.789. The molecule has 3 amide bonds. The molecule has 0 fully saturated rings. The zero-order valence-corrected chi connectivity index (χ0v) is 17.1. The van der Waals surface area contributed by atoms with Gasteiger partial charge in [-0.05, 0) is 33.1 Å². The van der Waals surface area contributed by atoms with E-state index in [0.717, 1.165) is 0 Å². The zero-order valence-electron chi connectivity index (χ0n) is 17.1. The van der Waals surface area contributed by atoms with Crippen molar-refractivity contribution in [3.63, 3.8) is 0 Å². The van der Waals surface area contributed by atoms with Crippen LogP contribution < -0.4 is 16.0 Å². The van der Waals surface area contributed by atoms with Crippen LogP contribution in [0.1, 0.15) is 67.7 Å². The first-order chi connectivity index (χ1) is 12.0. The van der Waals surface area contributed by atoms with Crippen molar-refractivity contribution in [3.8, 4) is 0 Å². The molecule has 0 aromatic rings.